The fraction of sp³-hybridized carbons (Fsp3) is 0.111. The number of benzene rings is 1. The maximum absolute atomic E-state index is 5.27. The van der Waals surface area contributed by atoms with E-state index in [0.717, 1.165) is 5.75 Å². The first-order chi connectivity index (χ1) is 10.8. The Kier molecular flexibility index (Phi) is 4.68. The number of pyridine rings is 2. The number of hydrogen-bond acceptors (Lipinski definition) is 1. The molecule has 0 N–H and O–H groups in total. The summed E-state index contributed by atoms with van der Waals surface area (Å²) in [6.45, 7) is 2.12. The van der Waals surface area contributed by atoms with Gasteiger partial charge in [0.15, 0.2) is 0 Å². The molecule has 3 aromatic rings. The summed E-state index contributed by atoms with van der Waals surface area (Å²) in [5.41, 5.74) is 1.28. The number of nitrogens with zero attached hydrogens (tertiary/aromatic N) is 2. The molecular formula is C18H19IN2O+2. The van der Waals surface area contributed by atoms with Crippen LogP contribution in [0.3, 0.4) is 0 Å². The molecule has 0 saturated heterocycles. The van der Waals surface area contributed by atoms with Crippen molar-refractivity contribution in [3.8, 4) is 5.75 Å². The molecule has 3 rings (SSSR count). The first kappa shape index (κ1) is 15.0. The third kappa shape index (κ3) is 3.27. The number of aromatic nitrogens is 2. The van der Waals surface area contributed by atoms with Crippen LogP contribution in [0, 0.1) is 10.5 Å². The third-order valence-electron chi connectivity index (χ3n) is 3.26. The summed E-state index contributed by atoms with van der Waals surface area (Å²) < 4.78 is 11.3. The van der Waals surface area contributed by atoms with Crippen LogP contribution < -0.4 is 10.3 Å². The zero-order valence-corrected chi connectivity index (χ0v) is 14.8. The van der Waals surface area contributed by atoms with Crippen molar-refractivity contribution >= 4 is 20.4 Å². The van der Waals surface area contributed by atoms with Gasteiger partial charge < -0.3 is 0 Å². The Morgan fingerprint density at radius 2 is 1.32 bits per heavy atom. The topological polar surface area (TPSA) is 17.0 Å². The summed E-state index contributed by atoms with van der Waals surface area (Å²) in [6, 6.07) is 19.1. The molecule has 0 radical (unpaired) electrons. The van der Waals surface area contributed by atoms with Crippen LogP contribution in [0.2, 0.25) is 0 Å². The van der Waals surface area contributed by atoms with Gasteiger partial charge in [-0.15, -0.1) is 0 Å². The van der Waals surface area contributed by atoms with Crippen molar-refractivity contribution < 1.29 is 10.3 Å². The van der Waals surface area contributed by atoms with Gasteiger partial charge in [-0.2, -0.15) is 0 Å². The third-order valence-corrected chi connectivity index (χ3v) is 8.49. The van der Waals surface area contributed by atoms with E-state index in [0.29, 0.717) is 0 Å². The van der Waals surface area contributed by atoms with Crippen molar-refractivity contribution in [3.05, 3.63) is 88.5 Å². The number of methoxy groups -OCH3 is 1. The Labute approximate surface area is 138 Å². The van der Waals surface area contributed by atoms with Gasteiger partial charge in [-0.3, -0.25) is 0 Å². The minimum absolute atomic E-state index is 0.883. The molecule has 22 heavy (non-hydrogen) atoms. The van der Waals surface area contributed by atoms with E-state index in [2.05, 4.69) is 79.7 Å². The number of halogens is 1. The molecule has 0 spiro atoms. The minimum atomic E-state index is -1.80. The molecule has 3 nitrogen and oxygen atoms in total. The molecule has 112 valence electrons. The molecule has 0 unspecified atom stereocenters. The van der Waals surface area contributed by atoms with Crippen molar-refractivity contribution in [1.29, 1.82) is 0 Å². The van der Waals surface area contributed by atoms with Gasteiger partial charge in [-0.25, -0.2) is 0 Å². The molecule has 0 fully saturated rings. The van der Waals surface area contributed by atoms with E-state index in [1.165, 1.54) is 9.13 Å². The van der Waals surface area contributed by atoms with Gasteiger partial charge >= 0.3 is 139 Å². The molecule has 2 heterocycles. The van der Waals surface area contributed by atoms with E-state index >= 15 is 0 Å². The number of ether oxygens (including phenoxy) is 1. The first-order valence-electron chi connectivity index (χ1n) is 7.07. The van der Waals surface area contributed by atoms with Crippen LogP contribution in [0.5, 0.6) is 5.75 Å². The van der Waals surface area contributed by atoms with Crippen LogP contribution in [0.15, 0.2) is 79.4 Å². The molecule has 0 aliphatic rings. The second kappa shape index (κ2) is 6.87. The Morgan fingerprint density at radius 3 is 1.86 bits per heavy atom. The van der Waals surface area contributed by atoms with E-state index in [1.807, 2.05) is 12.1 Å². The van der Waals surface area contributed by atoms with Crippen molar-refractivity contribution in [2.24, 2.45) is 0 Å². The van der Waals surface area contributed by atoms with Gasteiger partial charge in [-0.05, 0) is 0 Å². The summed E-state index contributed by atoms with van der Waals surface area (Å²) in [5.74, 6) is 0.883. The Morgan fingerprint density at radius 1 is 0.773 bits per heavy atom. The number of rotatable bonds is 4. The number of hydrogen-bond donors (Lipinski definition) is 0. The average Bonchev–Trinajstić information content (AvgIpc) is 2.58. The van der Waals surface area contributed by atoms with Gasteiger partial charge in [0, 0.05) is 0 Å². The van der Waals surface area contributed by atoms with Crippen LogP contribution in [-0.4, -0.2) is 7.11 Å². The van der Waals surface area contributed by atoms with Crippen molar-refractivity contribution in [2.75, 3.05) is 7.11 Å². The Balaban J connectivity index is 2.07. The summed E-state index contributed by atoms with van der Waals surface area (Å²) in [5, 5.41) is 0. The quantitative estimate of drug-likeness (QED) is 0.609. The molecule has 2 aromatic heterocycles. The van der Waals surface area contributed by atoms with E-state index in [1.54, 1.807) is 7.11 Å². The monoisotopic (exact) mass is 406 g/mol. The van der Waals surface area contributed by atoms with Crippen LogP contribution in [-0.2, 0) is 0 Å². The van der Waals surface area contributed by atoms with Crippen LogP contribution in [0.1, 0.15) is 5.56 Å². The zero-order valence-electron chi connectivity index (χ0n) is 12.7. The standard InChI is InChI=1S/C18H19IN2O/c1-16-8-12-20(13-9-16)19(17-6-4-3-5-7-17)21-14-10-18(22-2)11-15-21/h3-15H,1-2H3/q+2. The SMILES string of the molecule is COc1cc[n+](I(c2ccccc2)[n+]2ccc(C)cc2)cc1. The Hall–Kier alpha value is -1.95. The molecule has 0 bridgehead atoms. The molecule has 0 atom stereocenters. The van der Waals surface area contributed by atoms with Gasteiger partial charge in [-0.1, -0.05) is 0 Å². The van der Waals surface area contributed by atoms with Gasteiger partial charge in [0.05, 0.1) is 0 Å². The molecule has 0 saturated carbocycles. The molecule has 1 aromatic carbocycles. The van der Waals surface area contributed by atoms with Gasteiger partial charge in [0.25, 0.3) is 0 Å². The molecular weight excluding hydrogens is 387 g/mol. The first-order valence-corrected chi connectivity index (χ1v) is 10.1. The summed E-state index contributed by atoms with van der Waals surface area (Å²) in [6.07, 6.45) is 8.60. The summed E-state index contributed by atoms with van der Waals surface area (Å²) in [7, 11) is 1.70. The average molecular weight is 406 g/mol. The second-order valence-electron chi connectivity index (χ2n) is 4.84. The van der Waals surface area contributed by atoms with Gasteiger partial charge in [0.2, 0.25) is 0 Å². The molecule has 0 aliphatic carbocycles. The van der Waals surface area contributed by atoms with Crippen LogP contribution >= 0.6 is 20.4 Å². The number of aryl methyl sites for hydroxylation is 1. The van der Waals surface area contributed by atoms with E-state index in [-0.39, 0.29) is 0 Å². The Bertz CT molecular complexity index is 727. The maximum atomic E-state index is 5.27. The fourth-order valence-electron chi connectivity index (χ4n) is 2.08. The molecule has 0 aliphatic heterocycles. The molecule has 0 amide bonds. The van der Waals surface area contributed by atoms with E-state index in [9.17, 15) is 0 Å². The van der Waals surface area contributed by atoms with Crippen LogP contribution in [0.4, 0.5) is 0 Å². The predicted octanol–water partition coefficient (Wildman–Crippen LogP) is 3.18. The predicted molar refractivity (Wildman–Crippen MR) is 94.5 cm³/mol. The van der Waals surface area contributed by atoms with E-state index < -0.39 is 20.4 Å². The fourth-order valence-corrected chi connectivity index (χ4v) is 6.86. The van der Waals surface area contributed by atoms with Gasteiger partial charge in [0.1, 0.15) is 0 Å². The second-order valence-corrected chi connectivity index (χ2v) is 9.71. The normalized spacial score (nSPS) is 11.1. The summed E-state index contributed by atoms with van der Waals surface area (Å²) >= 11 is -1.80. The zero-order chi connectivity index (χ0) is 15.4. The molecule has 4 heteroatoms. The van der Waals surface area contributed by atoms with Crippen molar-refractivity contribution in [1.82, 2.24) is 0 Å². The van der Waals surface area contributed by atoms with Crippen LogP contribution in [0.25, 0.3) is 0 Å². The van der Waals surface area contributed by atoms with Crippen molar-refractivity contribution in [3.63, 3.8) is 0 Å². The van der Waals surface area contributed by atoms with E-state index in [4.69, 9.17) is 4.74 Å². The van der Waals surface area contributed by atoms with Crippen molar-refractivity contribution in [2.45, 2.75) is 6.92 Å². The summed E-state index contributed by atoms with van der Waals surface area (Å²) in [4.78, 5) is 0.